The summed E-state index contributed by atoms with van der Waals surface area (Å²) in [5.41, 5.74) is 2.01. The van der Waals surface area contributed by atoms with Crippen LogP contribution in [-0.2, 0) is 17.9 Å². The molecule has 0 aliphatic carbocycles. The normalized spacial score (nSPS) is 12.8. The van der Waals surface area contributed by atoms with E-state index in [4.69, 9.17) is 0 Å². The third-order valence-corrected chi connectivity index (χ3v) is 5.74. The first kappa shape index (κ1) is 20.9. The van der Waals surface area contributed by atoms with Crippen molar-refractivity contribution in [1.29, 1.82) is 0 Å². The summed E-state index contributed by atoms with van der Waals surface area (Å²) in [4.78, 5) is 0. The van der Waals surface area contributed by atoms with Gasteiger partial charge in [-0.25, -0.2) is 0 Å². The van der Waals surface area contributed by atoms with Crippen LogP contribution in [0.3, 0.4) is 0 Å². The first-order chi connectivity index (χ1) is 13.2. The van der Waals surface area contributed by atoms with Crippen molar-refractivity contribution in [2.45, 2.75) is 59.3 Å². The van der Waals surface area contributed by atoms with E-state index in [1.165, 1.54) is 0 Å². The minimum atomic E-state index is -0.545. The highest BCUT2D eigenvalue weighted by atomic mass is 16.3. The molecule has 0 fully saturated rings. The van der Waals surface area contributed by atoms with Crippen LogP contribution in [-0.4, -0.2) is 25.0 Å². The van der Waals surface area contributed by atoms with Crippen molar-refractivity contribution >= 4 is 27.9 Å². The van der Waals surface area contributed by atoms with Crippen molar-refractivity contribution in [3.63, 3.8) is 0 Å². The van der Waals surface area contributed by atoms with Gasteiger partial charge in [0.25, 0.3) is 0 Å². The molecule has 0 bridgehead atoms. The lowest BCUT2D eigenvalue weighted by atomic mass is 9.81. The van der Waals surface area contributed by atoms with Gasteiger partial charge in [-0.05, 0) is 17.8 Å². The second-order valence-corrected chi connectivity index (χ2v) is 9.89. The Hall–Kier alpha value is -2.82. The van der Waals surface area contributed by atoms with Gasteiger partial charge in [0, 0.05) is 29.3 Å². The van der Waals surface area contributed by atoms with Crippen molar-refractivity contribution in [2.24, 2.45) is 7.05 Å². The highest BCUT2D eigenvalue weighted by Gasteiger charge is 2.34. The molecule has 0 amide bonds. The maximum absolute atomic E-state index is 11.3. The summed E-state index contributed by atoms with van der Waals surface area (Å²) in [6.45, 7) is 17.1. The number of aromatic nitrogens is 1. The van der Waals surface area contributed by atoms with Crippen LogP contribution in [0.2, 0.25) is 0 Å². The molecule has 0 saturated carbocycles. The highest BCUT2D eigenvalue weighted by molar-refractivity contribution is 6.18. The predicted octanol–water partition coefficient (Wildman–Crippen LogP) is 5.70. The van der Waals surface area contributed by atoms with E-state index < -0.39 is 10.8 Å². The summed E-state index contributed by atoms with van der Waals surface area (Å²) < 4.78 is 1.79. The number of aryl methyl sites for hydroxylation is 2. The van der Waals surface area contributed by atoms with Crippen molar-refractivity contribution in [3.8, 4) is 23.0 Å². The van der Waals surface area contributed by atoms with Crippen molar-refractivity contribution in [3.05, 3.63) is 28.8 Å². The Morgan fingerprint density at radius 3 is 1.55 bits per heavy atom. The first-order valence-corrected chi connectivity index (χ1v) is 9.74. The fourth-order valence-electron chi connectivity index (χ4n) is 4.53. The molecule has 0 spiro atoms. The Balaban J connectivity index is 2.81. The number of rotatable bonds is 1. The van der Waals surface area contributed by atoms with Crippen LogP contribution in [0.1, 0.15) is 63.8 Å². The van der Waals surface area contributed by atoms with Crippen LogP contribution in [0.4, 0.5) is 0 Å². The lowest BCUT2D eigenvalue weighted by Gasteiger charge is -2.25. The molecule has 1 heterocycles. The van der Waals surface area contributed by atoms with Gasteiger partial charge in [-0.1, -0.05) is 54.2 Å². The maximum atomic E-state index is 11.3. The Labute approximate surface area is 171 Å². The molecule has 2 aromatic carbocycles. The molecule has 156 valence electrons. The summed E-state index contributed by atoms with van der Waals surface area (Å²) in [6.07, 6.45) is 1.56. The number of phenolic OH excluding ortho intramolecular Hbond substituents is 4. The standard InChI is InChI=1S/C24H31NO4/c1-10-12-18-14(22(29)16(20(12)27)24(6,7)8)13-17(25(18)9)11(2)19(26)15(21(13)28)23(3,4)5/h10,26-29H,1H2,2-9H3. The van der Waals surface area contributed by atoms with Crippen molar-refractivity contribution in [1.82, 2.24) is 4.57 Å². The molecule has 1 aromatic heterocycles. The number of benzene rings is 2. The topological polar surface area (TPSA) is 85.8 Å². The van der Waals surface area contributed by atoms with E-state index in [-0.39, 0.29) is 23.0 Å². The number of fused-ring (bicyclic) bond motifs is 3. The number of nitrogens with zero attached hydrogens (tertiary/aromatic N) is 1. The summed E-state index contributed by atoms with van der Waals surface area (Å²) in [5, 5.41) is 45.4. The largest absolute Gasteiger partial charge is 0.507 e. The molecule has 0 atom stereocenters. The molecule has 0 radical (unpaired) electrons. The number of hydrogen-bond donors (Lipinski definition) is 4. The number of phenols is 4. The van der Waals surface area contributed by atoms with Gasteiger partial charge >= 0.3 is 0 Å². The zero-order chi connectivity index (χ0) is 22.2. The van der Waals surface area contributed by atoms with Crippen LogP contribution in [0.5, 0.6) is 23.0 Å². The lowest BCUT2D eigenvalue weighted by molar-refractivity contribution is 0.410. The molecule has 3 aromatic rings. The van der Waals surface area contributed by atoms with E-state index >= 15 is 0 Å². The Morgan fingerprint density at radius 2 is 1.14 bits per heavy atom. The first-order valence-electron chi connectivity index (χ1n) is 9.74. The van der Waals surface area contributed by atoms with E-state index in [0.717, 1.165) is 0 Å². The molecule has 0 aliphatic rings. The molecule has 3 rings (SSSR count). The van der Waals surface area contributed by atoms with Crippen LogP contribution in [0.25, 0.3) is 27.9 Å². The second kappa shape index (κ2) is 6.09. The molecular formula is C24H31NO4. The maximum Gasteiger partial charge on any atom is 0.133 e. The van der Waals surface area contributed by atoms with Crippen molar-refractivity contribution < 1.29 is 20.4 Å². The number of aromatic hydroxyl groups is 4. The Kier molecular flexibility index (Phi) is 4.39. The molecule has 4 N–H and O–H groups in total. The van der Waals surface area contributed by atoms with Crippen LogP contribution < -0.4 is 0 Å². The van der Waals surface area contributed by atoms with Gasteiger partial charge in [0.15, 0.2) is 0 Å². The zero-order valence-electron chi connectivity index (χ0n) is 18.5. The lowest BCUT2D eigenvalue weighted by Crippen LogP contribution is -2.13. The van der Waals surface area contributed by atoms with Gasteiger partial charge in [-0.2, -0.15) is 0 Å². The van der Waals surface area contributed by atoms with Crippen LogP contribution >= 0.6 is 0 Å². The van der Waals surface area contributed by atoms with Crippen LogP contribution in [0, 0.1) is 6.92 Å². The summed E-state index contributed by atoms with van der Waals surface area (Å²) in [7, 11) is 1.79. The van der Waals surface area contributed by atoms with Crippen molar-refractivity contribution in [2.75, 3.05) is 0 Å². The minimum Gasteiger partial charge on any atom is -0.507 e. The molecule has 0 saturated heterocycles. The highest BCUT2D eigenvalue weighted by Crippen LogP contribution is 2.54. The van der Waals surface area contributed by atoms with E-state index in [9.17, 15) is 20.4 Å². The van der Waals surface area contributed by atoms with Crippen LogP contribution in [0.15, 0.2) is 6.58 Å². The fraction of sp³-hybridized carbons (Fsp3) is 0.417. The third-order valence-electron chi connectivity index (χ3n) is 5.74. The van der Waals surface area contributed by atoms with Gasteiger partial charge in [0.2, 0.25) is 0 Å². The monoisotopic (exact) mass is 397 g/mol. The quantitative estimate of drug-likeness (QED) is 0.424. The Morgan fingerprint density at radius 1 is 0.724 bits per heavy atom. The molecular weight excluding hydrogens is 366 g/mol. The summed E-state index contributed by atoms with van der Waals surface area (Å²) >= 11 is 0. The van der Waals surface area contributed by atoms with Gasteiger partial charge in [0.05, 0.1) is 21.8 Å². The van der Waals surface area contributed by atoms with E-state index in [2.05, 4.69) is 6.58 Å². The third kappa shape index (κ3) is 2.67. The smallest absolute Gasteiger partial charge is 0.133 e. The van der Waals surface area contributed by atoms with E-state index in [1.807, 2.05) is 41.5 Å². The van der Waals surface area contributed by atoms with Gasteiger partial charge < -0.3 is 25.0 Å². The van der Waals surface area contributed by atoms with Gasteiger partial charge in [-0.3, -0.25) is 0 Å². The SMILES string of the molecule is C=Cc1c(O)c(C(C)(C)C)c(O)c2c3c(O)c(C(C)(C)C)c(O)c(C)c3n(C)c12. The Bertz CT molecular complexity index is 1180. The molecule has 0 aliphatic heterocycles. The van der Waals surface area contributed by atoms with Gasteiger partial charge in [0.1, 0.15) is 23.0 Å². The molecule has 0 unspecified atom stereocenters. The second-order valence-electron chi connectivity index (χ2n) is 9.89. The number of hydrogen-bond acceptors (Lipinski definition) is 4. The minimum absolute atomic E-state index is 0.0270. The average Bonchev–Trinajstić information content (AvgIpc) is 2.85. The fourth-order valence-corrected chi connectivity index (χ4v) is 4.53. The predicted molar refractivity (Wildman–Crippen MR) is 119 cm³/mol. The molecule has 29 heavy (non-hydrogen) atoms. The summed E-state index contributed by atoms with van der Waals surface area (Å²) in [6, 6.07) is 0. The summed E-state index contributed by atoms with van der Waals surface area (Å²) in [5.74, 6) is -0.118. The molecule has 5 nitrogen and oxygen atoms in total. The average molecular weight is 398 g/mol. The molecule has 5 heteroatoms. The van der Waals surface area contributed by atoms with Gasteiger partial charge in [-0.15, -0.1) is 0 Å². The van der Waals surface area contributed by atoms with E-state index in [0.29, 0.717) is 44.1 Å². The zero-order valence-corrected chi connectivity index (χ0v) is 18.5. The van der Waals surface area contributed by atoms with E-state index in [1.54, 1.807) is 24.6 Å².